The maximum atomic E-state index is 12.2. The topological polar surface area (TPSA) is 90.0 Å². The SMILES string of the molecule is CNCCC1CCN(C(=O)CN2C(=O)C(=O)N(C)C2=O)CC1. The molecule has 8 heteroatoms. The van der Waals surface area contributed by atoms with Crippen molar-refractivity contribution in [3.05, 3.63) is 0 Å². The molecule has 22 heavy (non-hydrogen) atoms. The van der Waals surface area contributed by atoms with E-state index in [1.165, 1.54) is 7.05 Å². The molecule has 0 atom stereocenters. The Kier molecular flexibility index (Phi) is 5.12. The molecule has 0 aromatic heterocycles. The summed E-state index contributed by atoms with van der Waals surface area (Å²) in [5, 5.41) is 3.12. The van der Waals surface area contributed by atoms with Crippen LogP contribution < -0.4 is 5.32 Å². The Morgan fingerprint density at radius 1 is 1.18 bits per heavy atom. The molecule has 2 rings (SSSR count). The van der Waals surface area contributed by atoms with Crippen LogP contribution in [-0.4, -0.2) is 78.7 Å². The van der Waals surface area contributed by atoms with E-state index in [2.05, 4.69) is 5.32 Å². The summed E-state index contributed by atoms with van der Waals surface area (Å²) in [7, 11) is 3.15. The average molecular weight is 310 g/mol. The summed E-state index contributed by atoms with van der Waals surface area (Å²) in [4.78, 5) is 50.1. The highest BCUT2D eigenvalue weighted by molar-refractivity contribution is 6.44. The molecule has 2 heterocycles. The van der Waals surface area contributed by atoms with Gasteiger partial charge in [0.05, 0.1) is 0 Å². The molecule has 0 unspecified atom stereocenters. The Morgan fingerprint density at radius 2 is 1.82 bits per heavy atom. The van der Waals surface area contributed by atoms with E-state index in [0.717, 1.165) is 35.6 Å². The van der Waals surface area contributed by atoms with Gasteiger partial charge in [0.25, 0.3) is 0 Å². The van der Waals surface area contributed by atoms with Crippen LogP contribution in [0.2, 0.25) is 0 Å². The molecule has 2 fully saturated rings. The van der Waals surface area contributed by atoms with Crippen LogP contribution in [0.5, 0.6) is 0 Å². The maximum Gasteiger partial charge on any atom is 0.334 e. The zero-order chi connectivity index (χ0) is 16.3. The first-order valence-corrected chi connectivity index (χ1v) is 7.51. The van der Waals surface area contributed by atoms with Crippen LogP contribution in [-0.2, 0) is 14.4 Å². The fraction of sp³-hybridized carbons (Fsp3) is 0.714. The van der Waals surface area contributed by atoms with E-state index in [-0.39, 0.29) is 12.5 Å². The molecular formula is C14H22N4O4. The standard InChI is InChI=1S/C14H22N4O4/c1-15-6-3-10-4-7-17(8-5-10)11(19)9-18-13(21)12(20)16(2)14(18)22/h10,15H,3-9H2,1-2H3. The van der Waals surface area contributed by atoms with Gasteiger partial charge in [-0.05, 0) is 38.8 Å². The molecule has 0 saturated carbocycles. The number of amides is 5. The molecule has 0 spiro atoms. The molecule has 0 aromatic carbocycles. The molecule has 2 aliphatic rings. The van der Waals surface area contributed by atoms with Gasteiger partial charge in [-0.1, -0.05) is 0 Å². The van der Waals surface area contributed by atoms with Crippen molar-refractivity contribution in [1.29, 1.82) is 0 Å². The quantitative estimate of drug-likeness (QED) is 0.533. The first-order chi connectivity index (χ1) is 10.5. The number of carbonyl (C=O) groups is 4. The van der Waals surface area contributed by atoms with Crippen molar-refractivity contribution in [3.63, 3.8) is 0 Å². The van der Waals surface area contributed by atoms with Gasteiger partial charge in [-0.3, -0.25) is 19.3 Å². The van der Waals surface area contributed by atoms with E-state index in [1.54, 1.807) is 4.90 Å². The van der Waals surface area contributed by atoms with Gasteiger partial charge in [0, 0.05) is 20.1 Å². The Labute approximate surface area is 129 Å². The first kappa shape index (κ1) is 16.4. The Morgan fingerprint density at radius 3 is 2.32 bits per heavy atom. The van der Waals surface area contributed by atoms with Crippen molar-refractivity contribution >= 4 is 23.8 Å². The number of piperidine rings is 1. The number of hydrogen-bond acceptors (Lipinski definition) is 5. The van der Waals surface area contributed by atoms with Crippen LogP contribution in [0.15, 0.2) is 0 Å². The second kappa shape index (κ2) is 6.87. The minimum Gasteiger partial charge on any atom is -0.341 e. The van der Waals surface area contributed by atoms with Crippen LogP contribution in [0.1, 0.15) is 19.3 Å². The fourth-order valence-electron chi connectivity index (χ4n) is 2.81. The lowest BCUT2D eigenvalue weighted by Crippen LogP contribution is -2.46. The van der Waals surface area contributed by atoms with E-state index in [0.29, 0.717) is 19.0 Å². The summed E-state index contributed by atoms with van der Waals surface area (Å²) < 4.78 is 0. The lowest BCUT2D eigenvalue weighted by atomic mass is 9.93. The van der Waals surface area contributed by atoms with E-state index >= 15 is 0 Å². The van der Waals surface area contributed by atoms with Gasteiger partial charge < -0.3 is 10.2 Å². The van der Waals surface area contributed by atoms with Crippen molar-refractivity contribution in [2.24, 2.45) is 5.92 Å². The van der Waals surface area contributed by atoms with Crippen molar-refractivity contribution in [2.75, 3.05) is 40.3 Å². The molecule has 1 N–H and O–H groups in total. The highest BCUT2D eigenvalue weighted by Crippen LogP contribution is 2.20. The highest BCUT2D eigenvalue weighted by atomic mass is 16.2. The van der Waals surface area contributed by atoms with Crippen molar-refractivity contribution in [2.45, 2.75) is 19.3 Å². The third kappa shape index (κ3) is 3.27. The first-order valence-electron chi connectivity index (χ1n) is 7.51. The number of likely N-dealkylation sites (N-methyl/N-ethyl adjacent to an activating group) is 1. The van der Waals surface area contributed by atoms with Crippen LogP contribution in [0.3, 0.4) is 0 Å². The number of nitrogens with one attached hydrogen (secondary N) is 1. The molecule has 0 aliphatic carbocycles. The third-order valence-electron chi connectivity index (χ3n) is 4.31. The lowest BCUT2D eigenvalue weighted by Gasteiger charge is -2.32. The number of urea groups is 1. The van der Waals surface area contributed by atoms with Crippen LogP contribution in [0.4, 0.5) is 4.79 Å². The van der Waals surface area contributed by atoms with Gasteiger partial charge >= 0.3 is 17.8 Å². The van der Waals surface area contributed by atoms with Crippen LogP contribution in [0, 0.1) is 5.92 Å². The summed E-state index contributed by atoms with van der Waals surface area (Å²) >= 11 is 0. The second-order valence-corrected chi connectivity index (χ2v) is 5.75. The van der Waals surface area contributed by atoms with Crippen LogP contribution >= 0.6 is 0 Å². The van der Waals surface area contributed by atoms with Crippen molar-refractivity contribution in [3.8, 4) is 0 Å². The summed E-state index contributed by atoms with van der Waals surface area (Å²) in [6.07, 6.45) is 2.93. The summed E-state index contributed by atoms with van der Waals surface area (Å²) in [6, 6.07) is -0.729. The molecule has 122 valence electrons. The Hall–Kier alpha value is -1.96. The number of hydrogen-bond donors (Lipinski definition) is 1. The maximum absolute atomic E-state index is 12.2. The van der Waals surface area contributed by atoms with E-state index < -0.39 is 17.8 Å². The van der Waals surface area contributed by atoms with E-state index in [4.69, 9.17) is 0 Å². The van der Waals surface area contributed by atoms with Gasteiger partial charge in [0.15, 0.2) is 0 Å². The van der Waals surface area contributed by atoms with Gasteiger partial charge in [-0.15, -0.1) is 0 Å². The Balaban J connectivity index is 1.85. The monoisotopic (exact) mass is 310 g/mol. The minimum atomic E-state index is -0.926. The number of nitrogens with zero attached hydrogens (tertiary/aromatic N) is 3. The second-order valence-electron chi connectivity index (χ2n) is 5.75. The highest BCUT2D eigenvalue weighted by Gasteiger charge is 2.43. The van der Waals surface area contributed by atoms with E-state index in [1.807, 2.05) is 7.05 Å². The molecular weight excluding hydrogens is 288 g/mol. The molecule has 2 saturated heterocycles. The van der Waals surface area contributed by atoms with Crippen molar-refractivity contribution < 1.29 is 19.2 Å². The molecule has 0 radical (unpaired) electrons. The summed E-state index contributed by atoms with van der Waals surface area (Å²) in [5.74, 6) is -1.50. The summed E-state index contributed by atoms with van der Waals surface area (Å²) in [5.41, 5.74) is 0. The predicted molar refractivity (Wildman–Crippen MR) is 77.7 cm³/mol. The Bertz CT molecular complexity index is 485. The smallest absolute Gasteiger partial charge is 0.334 e. The summed E-state index contributed by atoms with van der Waals surface area (Å²) in [6.45, 7) is 1.87. The normalized spacial score (nSPS) is 20.3. The number of rotatable bonds is 5. The number of imide groups is 2. The molecule has 5 amide bonds. The zero-order valence-electron chi connectivity index (χ0n) is 13.0. The zero-order valence-corrected chi connectivity index (χ0v) is 13.0. The van der Waals surface area contributed by atoms with E-state index in [9.17, 15) is 19.2 Å². The largest absolute Gasteiger partial charge is 0.341 e. The van der Waals surface area contributed by atoms with Gasteiger partial charge in [-0.25, -0.2) is 9.69 Å². The minimum absolute atomic E-state index is 0.281. The fourth-order valence-corrected chi connectivity index (χ4v) is 2.81. The van der Waals surface area contributed by atoms with Gasteiger partial charge in [-0.2, -0.15) is 0 Å². The molecule has 0 bridgehead atoms. The lowest BCUT2D eigenvalue weighted by molar-refractivity contribution is -0.144. The van der Waals surface area contributed by atoms with Crippen molar-refractivity contribution in [1.82, 2.24) is 20.0 Å². The van der Waals surface area contributed by atoms with Gasteiger partial charge in [0.2, 0.25) is 5.91 Å². The molecule has 8 nitrogen and oxygen atoms in total. The predicted octanol–water partition coefficient (Wildman–Crippen LogP) is -0.745. The average Bonchev–Trinajstić information content (AvgIpc) is 2.71. The number of likely N-dealkylation sites (tertiary alicyclic amines) is 1. The third-order valence-corrected chi connectivity index (χ3v) is 4.31. The molecule has 2 aliphatic heterocycles. The van der Waals surface area contributed by atoms with Gasteiger partial charge in [0.1, 0.15) is 6.54 Å². The van der Waals surface area contributed by atoms with Crippen LogP contribution in [0.25, 0.3) is 0 Å². The number of carbonyl (C=O) groups excluding carboxylic acids is 4. The molecule has 0 aromatic rings.